The van der Waals surface area contributed by atoms with Gasteiger partial charge in [0.05, 0.1) is 18.1 Å². The van der Waals surface area contributed by atoms with E-state index in [-0.39, 0.29) is 6.04 Å². The minimum absolute atomic E-state index is 0.0872. The Labute approximate surface area is 146 Å². The summed E-state index contributed by atoms with van der Waals surface area (Å²) >= 11 is 0. The van der Waals surface area contributed by atoms with Gasteiger partial charge < -0.3 is 8.98 Å². The Kier molecular flexibility index (Phi) is 3.45. The highest BCUT2D eigenvalue weighted by Crippen LogP contribution is 2.38. The summed E-state index contributed by atoms with van der Waals surface area (Å²) in [6.07, 6.45) is 5.66. The molecule has 1 unspecified atom stereocenters. The molecule has 6 nitrogen and oxygen atoms in total. The molecule has 0 spiro atoms. The summed E-state index contributed by atoms with van der Waals surface area (Å²) in [7, 11) is 0. The number of nitrogens with zero attached hydrogens (tertiary/aromatic N) is 5. The fraction of sp³-hybridized carbons (Fsp3) is 0.421. The first kappa shape index (κ1) is 14.8. The van der Waals surface area contributed by atoms with Gasteiger partial charge in [0.2, 0.25) is 11.8 Å². The highest BCUT2D eigenvalue weighted by atomic mass is 16.4. The molecule has 1 aliphatic heterocycles. The summed E-state index contributed by atoms with van der Waals surface area (Å²) in [5, 5.41) is 8.50. The smallest absolute Gasteiger partial charge is 0.247 e. The Hall–Kier alpha value is -2.47. The maximum Gasteiger partial charge on any atom is 0.247 e. The highest BCUT2D eigenvalue weighted by Gasteiger charge is 2.32. The molecule has 1 aliphatic carbocycles. The second kappa shape index (κ2) is 5.81. The van der Waals surface area contributed by atoms with Crippen LogP contribution in [0.5, 0.6) is 0 Å². The molecule has 2 aromatic heterocycles. The molecular formula is C19H21N5O. The van der Waals surface area contributed by atoms with Gasteiger partial charge in [0.25, 0.3) is 0 Å². The van der Waals surface area contributed by atoms with Crippen LogP contribution in [0.4, 0.5) is 0 Å². The van der Waals surface area contributed by atoms with E-state index in [9.17, 15) is 0 Å². The van der Waals surface area contributed by atoms with Gasteiger partial charge in [-0.1, -0.05) is 18.2 Å². The van der Waals surface area contributed by atoms with Crippen LogP contribution in [0.2, 0.25) is 0 Å². The van der Waals surface area contributed by atoms with Gasteiger partial charge in [0, 0.05) is 36.8 Å². The van der Waals surface area contributed by atoms with Crippen molar-refractivity contribution in [3.8, 4) is 11.5 Å². The van der Waals surface area contributed by atoms with E-state index >= 15 is 0 Å². The first-order chi connectivity index (χ1) is 12.3. The predicted molar refractivity (Wildman–Crippen MR) is 92.8 cm³/mol. The van der Waals surface area contributed by atoms with Gasteiger partial charge in [-0.3, -0.25) is 4.90 Å². The molecule has 5 rings (SSSR count). The maximum absolute atomic E-state index is 5.94. The molecule has 0 radical (unpaired) electrons. The number of hydrogen-bond donors (Lipinski definition) is 0. The van der Waals surface area contributed by atoms with Crippen molar-refractivity contribution in [1.82, 2.24) is 24.6 Å². The van der Waals surface area contributed by atoms with E-state index in [1.54, 1.807) is 0 Å². The summed E-state index contributed by atoms with van der Waals surface area (Å²) < 4.78 is 8.32. The van der Waals surface area contributed by atoms with Crippen molar-refractivity contribution >= 4 is 0 Å². The predicted octanol–water partition coefficient (Wildman–Crippen LogP) is 3.39. The van der Waals surface area contributed by atoms with Crippen LogP contribution in [0, 0.1) is 0 Å². The third-order valence-corrected chi connectivity index (χ3v) is 5.28. The van der Waals surface area contributed by atoms with Gasteiger partial charge in [-0.05, 0) is 31.9 Å². The van der Waals surface area contributed by atoms with Gasteiger partial charge in [0.15, 0.2) is 0 Å². The van der Waals surface area contributed by atoms with Gasteiger partial charge >= 0.3 is 0 Å². The summed E-state index contributed by atoms with van der Waals surface area (Å²) in [4.78, 5) is 7.02. The number of imidazole rings is 1. The van der Waals surface area contributed by atoms with Crippen molar-refractivity contribution in [1.29, 1.82) is 0 Å². The van der Waals surface area contributed by atoms with Gasteiger partial charge in [-0.2, -0.15) is 0 Å². The first-order valence-corrected chi connectivity index (χ1v) is 8.97. The van der Waals surface area contributed by atoms with E-state index in [1.807, 2.05) is 36.7 Å². The molecule has 128 valence electrons. The molecule has 1 aromatic carbocycles. The van der Waals surface area contributed by atoms with Crippen LogP contribution < -0.4 is 0 Å². The van der Waals surface area contributed by atoms with Crippen LogP contribution >= 0.6 is 0 Å². The van der Waals surface area contributed by atoms with Gasteiger partial charge in [0.1, 0.15) is 0 Å². The lowest BCUT2D eigenvalue weighted by atomic mass is 10.1. The minimum atomic E-state index is 0.0872. The molecule has 1 saturated carbocycles. The molecule has 0 saturated heterocycles. The van der Waals surface area contributed by atoms with Crippen LogP contribution in [-0.2, 0) is 13.0 Å². The van der Waals surface area contributed by atoms with E-state index in [1.165, 1.54) is 24.2 Å². The van der Waals surface area contributed by atoms with Crippen molar-refractivity contribution < 1.29 is 4.42 Å². The quantitative estimate of drug-likeness (QED) is 0.731. The van der Waals surface area contributed by atoms with Gasteiger partial charge in [-0.25, -0.2) is 4.98 Å². The first-order valence-electron chi connectivity index (χ1n) is 8.97. The molecule has 0 N–H and O–H groups in total. The largest absolute Gasteiger partial charge is 0.419 e. The summed E-state index contributed by atoms with van der Waals surface area (Å²) in [6.45, 7) is 3.97. The Balaban J connectivity index is 1.34. The fourth-order valence-corrected chi connectivity index (χ4v) is 3.61. The summed E-state index contributed by atoms with van der Waals surface area (Å²) in [6, 6.07) is 10.7. The molecular weight excluding hydrogens is 314 g/mol. The molecule has 6 heteroatoms. The third-order valence-electron chi connectivity index (χ3n) is 5.28. The topological polar surface area (TPSA) is 60.0 Å². The van der Waals surface area contributed by atoms with E-state index < -0.39 is 0 Å². The molecule has 3 aromatic rings. The van der Waals surface area contributed by atoms with E-state index in [0.717, 1.165) is 25.1 Å². The van der Waals surface area contributed by atoms with Crippen LogP contribution in [0.25, 0.3) is 11.5 Å². The normalized spacial score (nSPS) is 18.9. The average Bonchev–Trinajstić information content (AvgIpc) is 3.22. The molecule has 2 aliphatic rings. The third kappa shape index (κ3) is 2.66. The summed E-state index contributed by atoms with van der Waals surface area (Å²) in [5.41, 5.74) is 3.58. The van der Waals surface area contributed by atoms with E-state index in [0.29, 0.717) is 17.8 Å². The molecule has 0 amide bonds. The Morgan fingerprint density at radius 2 is 2.00 bits per heavy atom. The minimum Gasteiger partial charge on any atom is -0.419 e. The van der Waals surface area contributed by atoms with Crippen LogP contribution in [-0.4, -0.2) is 31.2 Å². The van der Waals surface area contributed by atoms with Crippen molar-refractivity contribution in [2.75, 3.05) is 6.54 Å². The van der Waals surface area contributed by atoms with Crippen molar-refractivity contribution in [2.24, 2.45) is 0 Å². The van der Waals surface area contributed by atoms with Crippen molar-refractivity contribution in [2.45, 2.75) is 44.8 Å². The molecule has 25 heavy (non-hydrogen) atoms. The standard InChI is InChI=1S/C19H21N5O/c1-13(18-21-22-19(25-18)14-5-3-2-4-6-14)23-10-9-17-16(11-23)20-12-24(17)15-7-8-15/h2-6,12-13,15H,7-11H2,1H3. The second-order valence-corrected chi connectivity index (χ2v) is 6.98. The van der Waals surface area contributed by atoms with E-state index in [2.05, 4.69) is 31.6 Å². The van der Waals surface area contributed by atoms with E-state index in [4.69, 9.17) is 4.42 Å². The SMILES string of the molecule is CC(c1nnc(-c2ccccc2)o1)N1CCc2c(ncn2C2CC2)C1. The fourth-order valence-electron chi connectivity index (χ4n) is 3.61. The monoisotopic (exact) mass is 335 g/mol. The zero-order valence-corrected chi connectivity index (χ0v) is 14.3. The van der Waals surface area contributed by atoms with Crippen LogP contribution in [0.3, 0.4) is 0 Å². The van der Waals surface area contributed by atoms with Gasteiger partial charge in [-0.15, -0.1) is 10.2 Å². The Morgan fingerprint density at radius 1 is 1.16 bits per heavy atom. The molecule has 0 bridgehead atoms. The summed E-state index contributed by atoms with van der Waals surface area (Å²) in [5.74, 6) is 1.25. The van der Waals surface area contributed by atoms with Crippen molar-refractivity contribution in [3.63, 3.8) is 0 Å². The second-order valence-electron chi connectivity index (χ2n) is 6.98. The Morgan fingerprint density at radius 3 is 2.80 bits per heavy atom. The highest BCUT2D eigenvalue weighted by molar-refractivity contribution is 5.51. The number of benzene rings is 1. The lowest BCUT2D eigenvalue weighted by Crippen LogP contribution is -2.33. The molecule has 3 heterocycles. The average molecular weight is 335 g/mol. The maximum atomic E-state index is 5.94. The molecule has 1 atom stereocenters. The lowest BCUT2D eigenvalue weighted by Gasteiger charge is -2.30. The van der Waals surface area contributed by atoms with Crippen LogP contribution in [0.15, 0.2) is 41.1 Å². The zero-order chi connectivity index (χ0) is 16.8. The van der Waals surface area contributed by atoms with Crippen LogP contribution in [0.1, 0.15) is 49.1 Å². The lowest BCUT2D eigenvalue weighted by molar-refractivity contribution is 0.163. The number of aromatic nitrogens is 4. The zero-order valence-electron chi connectivity index (χ0n) is 14.3. The number of hydrogen-bond acceptors (Lipinski definition) is 5. The molecule has 1 fully saturated rings. The van der Waals surface area contributed by atoms with Crippen molar-refractivity contribution in [3.05, 3.63) is 53.9 Å². The number of rotatable bonds is 4. The number of fused-ring (bicyclic) bond motifs is 1. The Bertz CT molecular complexity index is 880.